The van der Waals surface area contributed by atoms with Gasteiger partial charge >= 0.3 is 0 Å². The molecule has 78 valence electrons. The van der Waals surface area contributed by atoms with Crippen molar-refractivity contribution in [3.05, 3.63) is 35.4 Å². The third-order valence-corrected chi connectivity index (χ3v) is 1.88. The molecule has 1 rings (SSSR count). The Kier molecular flexibility index (Phi) is 3.55. The molecule has 0 fully saturated rings. The van der Waals surface area contributed by atoms with E-state index in [4.69, 9.17) is 0 Å². The summed E-state index contributed by atoms with van der Waals surface area (Å²) < 4.78 is 25.9. The molecule has 1 aromatic carbocycles. The second kappa shape index (κ2) is 4.48. The van der Waals surface area contributed by atoms with Crippen molar-refractivity contribution in [2.75, 3.05) is 14.1 Å². The summed E-state index contributed by atoms with van der Waals surface area (Å²) in [6.07, 6.45) is 0. The lowest BCUT2D eigenvalue weighted by Crippen LogP contribution is -2.33. The van der Waals surface area contributed by atoms with Crippen molar-refractivity contribution in [3.63, 3.8) is 0 Å². The van der Waals surface area contributed by atoms with Gasteiger partial charge in [-0.1, -0.05) is 6.07 Å². The first-order chi connectivity index (χ1) is 6.50. The van der Waals surface area contributed by atoms with Crippen molar-refractivity contribution in [2.45, 2.75) is 13.0 Å². The van der Waals surface area contributed by atoms with E-state index in [9.17, 15) is 8.78 Å². The minimum atomic E-state index is -0.552. The van der Waals surface area contributed by atoms with Crippen LogP contribution in [0.1, 0.15) is 18.5 Å². The Labute approximate surface area is 82.5 Å². The maximum atomic E-state index is 13.3. The Bertz CT molecular complexity index is 313. The largest absolute Gasteiger partial charge is 0.250 e. The zero-order valence-electron chi connectivity index (χ0n) is 8.51. The summed E-state index contributed by atoms with van der Waals surface area (Å²) in [5.41, 5.74) is 3.45. The number of benzene rings is 1. The van der Waals surface area contributed by atoms with Gasteiger partial charge in [-0.25, -0.2) is 14.2 Å². The van der Waals surface area contributed by atoms with Gasteiger partial charge in [0.25, 0.3) is 0 Å². The average molecular weight is 200 g/mol. The SMILES string of the molecule is CC(NN(C)C)c1ccc(F)cc1F. The van der Waals surface area contributed by atoms with E-state index < -0.39 is 11.6 Å². The zero-order chi connectivity index (χ0) is 10.7. The highest BCUT2D eigenvalue weighted by Gasteiger charge is 2.11. The average Bonchev–Trinajstić information content (AvgIpc) is 2.01. The van der Waals surface area contributed by atoms with Crippen molar-refractivity contribution in [1.29, 1.82) is 0 Å². The lowest BCUT2D eigenvalue weighted by molar-refractivity contribution is 0.249. The fourth-order valence-electron chi connectivity index (χ4n) is 1.31. The van der Waals surface area contributed by atoms with Crippen LogP contribution in [0.15, 0.2) is 18.2 Å². The molecule has 0 spiro atoms. The quantitative estimate of drug-likeness (QED) is 0.751. The van der Waals surface area contributed by atoms with Crippen LogP contribution in [0.3, 0.4) is 0 Å². The highest BCUT2D eigenvalue weighted by Crippen LogP contribution is 2.17. The lowest BCUT2D eigenvalue weighted by atomic mass is 10.1. The Morgan fingerprint density at radius 3 is 2.43 bits per heavy atom. The van der Waals surface area contributed by atoms with Crippen LogP contribution in [0.5, 0.6) is 0 Å². The van der Waals surface area contributed by atoms with Crippen LogP contribution in [0.25, 0.3) is 0 Å². The van der Waals surface area contributed by atoms with Crippen molar-refractivity contribution in [2.24, 2.45) is 0 Å². The molecule has 1 atom stereocenters. The minimum Gasteiger partial charge on any atom is -0.250 e. The summed E-state index contributed by atoms with van der Waals surface area (Å²) in [7, 11) is 3.63. The van der Waals surface area contributed by atoms with Gasteiger partial charge in [0.1, 0.15) is 11.6 Å². The molecule has 0 aromatic heterocycles. The predicted molar refractivity (Wildman–Crippen MR) is 51.6 cm³/mol. The summed E-state index contributed by atoms with van der Waals surface area (Å²) in [6.45, 7) is 1.82. The fourth-order valence-corrected chi connectivity index (χ4v) is 1.31. The first-order valence-electron chi connectivity index (χ1n) is 4.39. The third-order valence-electron chi connectivity index (χ3n) is 1.88. The molecule has 1 N–H and O–H groups in total. The fraction of sp³-hybridized carbons (Fsp3) is 0.400. The topological polar surface area (TPSA) is 15.3 Å². The summed E-state index contributed by atoms with van der Waals surface area (Å²) in [5.74, 6) is -1.07. The van der Waals surface area contributed by atoms with Gasteiger partial charge in [0.2, 0.25) is 0 Å². The number of hydrogen-bond donors (Lipinski definition) is 1. The molecule has 0 aliphatic heterocycles. The van der Waals surface area contributed by atoms with E-state index in [0.717, 1.165) is 6.07 Å². The second-order valence-corrected chi connectivity index (χ2v) is 3.41. The van der Waals surface area contributed by atoms with E-state index in [1.165, 1.54) is 12.1 Å². The van der Waals surface area contributed by atoms with E-state index in [0.29, 0.717) is 5.56 Å². The van der Waals surface area contributed by atoms with Gasteiger partial charge in [0.05, 0.1) is 0 Å². The number of rotatable bonds is 3. The molecular formula is C10H14F2N2. The van der Waals surface area contributed by atoms with Crippen LogP contribution in [-0.2, 0) is 0 Å². The molecule has 0 radical (unpaired) electrons. The van der Waals surface area contributed by atoms with Crippen LogP contribution < -0.4 is 5.43 Å². The normalized spacial score (nSPS) is 13.3. The Morgan fingerprint density at radius 1 is 1.29 bits per heavy atom. The molecule has 0 heterocycles. The third kappa shape index (κ3) is 2.75. The van der Waals surface area contributed by atoms with E-state index in [2.05, 4.69) is 5.43 Å². The molecule has 1 aromatic rings. The van der Waals surface area contributed by atoms with Crippen molar-refractivity contribution >= 4 is 0 Å². The van der Waals surface area contributed by atoms with Crippen LogP contribution in [0.2, 0.25) is 0 Å². The van der Waals surface area contributed by atoms with Gasteiger partial charge in [-0.3, -0.25) is 5.01 Å². The molecule has 0 saturated heterocycles. The predicted octanol–water partition coefficient (Wildman–Crippen LogP) is 2.09. The summed E-state index contributed by atoms with van der Waals surface area (Å²) in [5, 5.41) is 1.73. The number of halogens is 2. The van der Waals surface area contributed by atoms with Gasteiger partial charge in [0.15, 0.2) is 0 Å². The van der Waals surface area contributed by atoms with Crippen LogP contribution in [0, 0.1) is 11.6 Å². The Morgan fingerprint density at radius 2 is 1.93 bits per heavy atom. The maximum absolute atomic E-state index is 13.3. The van der Waals surface area contributed by atoms with Gasteiger partial charge in [-0.15, -0.1) is 0 Å². The number of hydrogen-bond acceptors (Lipinski definition) is 2. The van der Waals surface area contributed by atoms with E-state index in [1.807, 2.05) is 21.0 Å². The molecule has 4 heteroatoms. The van der Waals surface area contributed by atoms with Gasteiger partial charge < -0.3 is 0 Å². The van der Waals surface area contributed by atoms with E-state index in [-0.39, 0.29) is 6.04 Å². The van der Waals surface area contributed by atoms with Crippen molar-refractivity contribution < 1.29 is 8.78 Å². The first kappa shape index (κ1) is 11.1. The van der Waals surface area contributed by atoms with E-state index >= 15 is 0 Å². The molecule has 1 unspecified atom stereocenters. The van der Waals surface area contributed by atoms with Crippen molar-refractivity contribution in [3.8, 4) is 0 Å². The molecule has 0 saturated carbocycles. The number of nitrogens with one attached hydrogen (secondary N) is 1. The maximum Gasteiger partial charge on any atom is 0.130 e. The molecule has 0 aliphatic rings. The minimum absolute atomic E-state index is 0.175. The van der Waals surface area contributed by atoms with Crippen LogP contribution in [-0.4, -0.2) is 19.1 Å². The highest BCUT2D eigenvalue weighted by atomic mass is 19.1. The van der Waals surface area contributed by atoms with Crippen LogP contribution in [0.4, 0.5) is 8.78 Å². The Hall–Kier alpha value is -1.00. The molecule has 0 amide bonds. The lowest BCUT2D eigenvalue weighted by Gasteiger charge is -2.19. The first-order valence-corrected chi connectivity index (χ1v) is 4.39. The molecule has 0 aliphatic carbocycles. The van der Waals surface area contributed by atoms with Crippen molar-refractivity contribution in [1.82, 2.24) is 10.4 Å². The molecule has 0 bridgehead atoms. The van der Waals surface area contributed by atoms with Gasteiger partial charge in [-0.2, -0.15) is 0 Å². The highest BCUT2D eigenvalue weighted by molar-refractivity contribution is 5.21. The summed E-state index contributed by atoms with van der Waals surface area (Å²) >= 11 is 0. The molecular weight excluding hydrogens is 186 g/mol. The zero-order valence-corrected chi connectivity index (χ0v) is 8.51. The monoisotopic (exact) mass is 200 g/mol. The standard InChI is InChI=1S/C10H14F2N2/c1-7(13-14(2)3)9-5-4-8(11)6-10(9)12/h4-7,13H,1-3H3. The van der Waals surface area contributed by atoms with Gasteiger partial charge in [-0.05, 0) is 13.0 Å². The molecule has 14 heavy (non-hydrogen) atoms. The summed E-state index contributed by atoms with van der Waals surface area (Å²) in [4.78, 5) is 0. The second-order valence-electron chi connectivity index (χ2n) is 3.41. The Balaban J connectivity index is 2.84. The van der Waals surface area contributed by atoms with E-state index in [1.54, 1.807) is 5.01 Å². The number of hydrazine groups is 1. The molecule has 2 nitrogen and oxygen atoms in total. The number of nitrogens with zero attached hydrogens (tertiary/aromatic N) is 1. The summed E-state index contributed by atoms with van der Waals surface area (Å²) in [6, 6.07) is 3.42. The van der Waals surface area contributed by atoms with Crippen LogP contribution >= 0.6 is 0 Å². The van der Waals surface area contributed by atoms with Gasteiger partial charge in [0, 0.05) is 31.8 Å². The smallest absolute Gasteiger partial charge is 0.130 e.